The number of aryl methyl sites for hydroxylation is 1. The number of benzene rings is 2. The van der Waals surface area contributed by atoms with Gasteiger partial charge in [0.1, 0.15) is 10.8 Å². The molecule has 0 radical (unpaired) electrons. The van der Waals surface area contributed by atoms with Crippen LogP contribution < -0.4 is 14.8 Å². The number of para-hydroxylation sites is 2. The Kier molecular flexibility index (Phi) is 7.07. The molecule has 0 saturated carbocycles. The average Bonchev–Trinajstić information content (AvgIpc) is 3.30. The van der Waals surface area contributed by atoms with Crippen molar-refractivity contribution in [2.45, 2.75) is 12.8 Å². The molecule has 0 aliphatic heterocycles. The van der Waals surface area contributed by atoms with E-state index in [1.807, 2.05) is 24.3 Å². The standard InChI is InChI=1S/C23H18Cl2N4O4/c1-31-16-8-6-14(7-9-16)22-28-21(33-29-22)11-10-20(30)27-18-4-2-3-5-19(18)32-23-17(25)12-15(24)13-26-23/h2-9,12-13H,10-11H2,1H3,(H,27,30). The lowest BCUT2D eigenvalue weighted by atomic mass is 10.2. The number of aromatic nitrogens is 3. The zero-order valence-electron chi connectivity index (χ0n) is 17.4. The zero-order valence-corrected chi connectivity index (χ0v) is 18.9. The maximum atomic E-state index is 12.5. The first-order chi connectivity index (χ1) is 16.0. The molecule has 0 atom stereocenters. The highest BCUT2D eigenvalue weighted by molar-refractivity contribution is 6.35. The van der Waals surface area contributed by atoms with E-state index in [-0.39, 0.29) is 29.7 Å². The minimum absolute atomic E-state index is 0.137. The highest BCUT2D eigenvalue weighted by Gasteiger charge is 2.14. The van der Waals surface area contributed by atoms with Crippen molar-refractivity contribution in [1.82, 2.24) is 15.1 Å². The summed E-state index contributed by atoms with van der Waals surface area (Å²) in [5.74, 6) is 1.86. The molecule has 2 aromatic carbocycles. The van der Waals surface area contributed by atoms with Gasteiger partial charge < -0.3 is 19.3 Å². The van der Waals surface area contributed by atoms with Gasteiger partial charge in [-0.05, 0) is 42.5 Å². The molecular weight excluding hydrogens is 467 g/mol. The van der Waals surface area contributed by atoms with Crippen molar-refractivity contribution >= 4 is 34.8 Å². The largest absolute Gasteiger partial charge is 0.497 e. The molecule has 8 nitrogen and oxygen atoms in total. The molecule has 0 aliphatic carbocycles. The topological polar surface area (TPSA) is 99.4 Å². The third-order valence-corrected chi connectivity index (χ3v) is 5.00. The summed E-state index contributed by atoms with van der Waals surface area (Å²) in [5, 5.41) is 7.44. The highest BCUT2D eigenvalue weighted by atomic mass is 35.5. The Bertz CT molecular complexity index is 1260. The van der Waals surface area contributed by atoms with Crippen LogP contribution in [0.4, 0.5) is 5.69 Å². The third-order valence-electron chi connectivity index (χ3n) is 4.52. The van der Waals surface area contributed by atoms with Crippen molar-refractivity contribution < 1.29 is 18.8 Å². The minimum Gasteiger partial charge on any atom is -0.497 e. The van der Waals surface area contributed by atoms with Crippen molar-refractivity contribution in [3.63, 3.8) is 0 Å². The number of pyridine rings is 1. The first kappa shape index (κ1) is 22.6. The van der Waals surface area contributed by atoms with Gasteiger partial charge in [-0.15, -0.1) is 0 Å². The number of carbonyl (C=O) groups is 1. The van der Waals surface area contributed by atoms with Crippen LogP contribution in [-0.2, 0) is 11.2 Å². The van der Waals surface area contributed by atoms with Gasteiger partial charge >= 0.3 is 0 Å². The van der Waals surface area contributed by atoms with Gasteiger partial charge in [-0.2, -0.15) is 4.98 Å². The number of hydrogen-bond donors (Lipinski definition) is 1. The molecule has 0 spiro atoms. The molecule has 4 aromatic rings. The summed E-state index contributed by atoms with van der Waals surface area (Å²) < 4.78 is 16.2. The van der Waals surface area contributed by atoms with E-state index in [0.717, 1.165) is 11.3 Å². The number of carbonyl (C=O) groups excluding carboxylic acids is 1. The van der Waals surface area contributed by atoms with E-state index in [2.05, 4.69) is 20.4 Å². The molecule has 33 heavy (non-hydrogen) atoms. The van der Waals surface area contributed by atoms with Crippen LogP contribution in [-0.4, -0.2) is 28.1 Å². The van der Waals surface area contributed by atoms with Crippen LogP contribution in [0.15, 0.2) is 65.3 Å². The Hall–Kier alpha value is -3.62. The fourth-order valence-electron chi connectivity index (χ4n) is 2.89. The second-order valence-electron chi connectivity index (χ2n) is 6.83. The summed E-state index contributed by atoms with van der Waals surface area (Å²) in [5.41, 5.74) is 1.26. The monoisotopic (exact) mass is 484 g/mol. The molecule has 1 N–H and O–H groups in total. The van der Waals surface area contributed by atoms with Gasteiger partial charge in [0, 0.05) is 24.6 Å². The van der Waals surface area contributed by atoms with Gasteiger partial charge in [0.25, 0.3) is 0 Å². The second-order valence-corrected chi connectivity index (χ2v) is 7.67. The van der Waals surface area contributed by atoms with Gasteiger partial charge in [-0.25, -0.2) is 4.98 Å². The number of halogens is 2. The summed E-state index contributed by atoms with van der Waals surface area (Å²) in [4.78, 5) is 20.9. The Balaban J connectivity index is 1.37. The first-order valence-electron chi connectivity index (χ1n) is 9.86. The fraction of sp³-hybridized carbons (Fsp3) is 0.130. The molecular formula is C23H18Cl2N4O4. The van der Waals surface area contributed by atoms with Crippen LogP contribution in [0.2, 0.25) is 10.0 Å². The molecule has 1 amide bonds. The van der Waals surface area contributed by atoms with Gasteiger partial charge in [-0.3, -0.25) is 4.79 Å². The Morgan fingerprint density at radius 1 is 1.12 bits per heavy atom. The Morgan fingerprint density at radius 2 is 1.91 bits per heavy atom. The van der Waals surface area contributed by atoms with E-state index in [9.17, 15) is 4.79 Å². The molecule has 10 heteroatoms. The number of rotatable bonds is 8. The summed E-state index contributed by atoms with van der Waals surface area (Å²) in [6.45, 7) is 0. The van der Waals surface area contributed by atoms with Crippen LogP contribution >= 0.6 is 23.2 Å². The van der Waals surface area contributed by atoms with E-state index in [1.54, 1.807) is 31.4 Å². The van der Waals surface area contributed by atoms with Crippen LogP contribution in [0.5, 0.6) is 17.4 Å². The summed E-state index contributed by atoms with van der Waals surface area (Å²) in [6, 6.07) is 15.8. The highest BCUT2D eigenvalue weighted by Crippen LogP contribution is 2.33. The van der Waals surface area contributed by atoms with Crippen LogP contribution in [0, 0.1) is 0 Å². The van der Waals surface area contributed by atoms with E-state index in [0.29, 0.717) is 28.2 Å². The van der Waals surface area contributed by atoms with Crippen molar-refractivity contribution in [1.29, 1.82) is 0 Å². The average molecular weight is 485 g/mol. The van der Waals surface area contributed by atoms with Crippen LogP contribution in [0.25, 0.3) is 11.4 Å². The predicted octanol–water partition coefficient (Wildman–Crippen LogP) is 5.81. The van der Waals surface area contributed by atoms with Crippen LogP contribution in [0.1, 0.15) is 12.3 Å². The van der Waals surface area contributed by atoms with E-state index in [4.69, 9.17) is 37.2 Å². The quantitative estimate of drug-likeness (QED) is 0.336. The number of methoxy groups -OCH3 is 1. The Labute approximate surface area is 199 Å². The van der Waals surface area contributed by atoms with Gasteiger partial charge in [0.15, 0.2) is 5.75 Å². The molecule has 0 saturated heterocycles. The molecule has 168 valence electrons. The van der Waals surface area contributed by atoms with Crippen LogP contribution in [0.3, 0.4) is 0 Å². The lowest BCUT2D eigenvalue weighted by Gasteiger charge is -2.12. The van der Waals surface area contributed by atoms with Crippen molar-refractivity contribution in [3.05, 3.63) is 76.7 Å². The number of amides is 1. The molecule has 2 heterocycles. The van der Waals surface area contributed by atoms with Crippen molar-refractivity contribution in [2.24, 2.45) is 0 Å². The minimum atomic E-state index is -0.245. The molecule has 0 aliphatic rings. The SMILES string of the molecule is COc1ccc(-c2noc(CCC(=O)Nc3ccccc3Oc3ncc(Cl)cc3Cl)n2)cc1. The fourth-order valence-corrected chi connectivity index (χ4v) is 3.31. The van der Waals surface area contributed by atoms with Gasteiger partial charge in [-0.1, -0.05) is 40.5 Å². The number of nitrogens with zero attached hydrogens (tertiary/aromatic N) is 3. The maximum absolute atomic E-state index is 12.5. The summed E-state index contributed by atoms with van der Waals surface area (Å²) in [6.07, 6.45) is 1.84. The number of anilines is 1. The molecule has 2 aromatic heterocycles. The molecule has 0 bridgehead atoms. The number of ether oxygens (including phenoxy) is 2. The van der Waals surface area contributed by atoms with Crippen molar-refractivity contribution in [2.75, 3.05) is 12.4 Å². The summed E-state index contributed by atoms with van der Waals surface area (Å²) >= 11 is 12.0. The van der Waals surface area contributed by atoms with Gasteiger partial charge in [0.05, 0.1) is 17.8 Å². The van der Waals surface area contributed by atoms with Crippen molar-refractivity contribution in [3.8, 4) is 28.8 Å². The second kappa shape index (κ2) is 10.3. The van der Waals surface area contributed by atoms with E-state index < -0.39 is 0 Å². The third kappa shape index (κ3) is 5.79. The maximum Gasteiger partial charge on any atom is 0.238 e. The normalized spacial score (nSPS) is 10.6. The smallest absolute Gasteiger partial charge is 0.238 e. The summed E-state index contributed by atoms with van der Waals surface area (Å²) in [7, 11) is 1.60. The lowest BCUT2D eigenvalue weighted by molar-refractivity contribution is -0.116. The molecule has 0 fully saturated rings. The van der Waals surface area contributed by atoms with Gasteiger partial charge in [0.2, 0.25) is 23.5 Å². The number of nitrogens with one attached hydrogen (secondary N) is 1. The lowest BCUT2D eigenvalue weighted by Crippen LogP contribution is -2.13. The van der Waals surface area contributed by atoms with E-state index in [1.165, 1.54) is 12.3 Å². The zero-order chi connectivity index (χ0) is 23.2. The predicted molar refractivity (Wildman–Crippen MR) is 124 cm³/mol. The molecule has 0 unspecified atom stereocenters. The van der Waals surface area contributed by atoms with E-state index >= 15 is 0 Å². The number of hydrogen-bond acceptors (Lipinski definition) is 7. The Morgan fingerprint density at radius 3 is 2.67 bits per heavy atom. The molecule has 4 rings (SSSR count). The first-order valence-corrected chi connectivity index (χ1v) is 10.6.